The second-order valence-electron chi connectivity index (χ2n) is 7.02. The van der Waals surface area contributed by atoms with Crippen molar-refractivity contribution in [1.29, 1.82) is 0 Å². The first kappa shape index (κ1) is 20.9. The van der Waals surface area contributed by atoms with Crippen LogP contribution < -0.4 is 10.9 Å². The number of carbonyl (C=O) groups is 2. The maximum atomic E-state index is 13.2. The highest BCUT2D eigenvalue weighted by Crippen LogP contribution is 2.12. The first-order valence-electron chi connectivity index (χ1n) is 9.82. The van der Waals surface area contributed by atoms with Crippen LogP contribution in [-0.4, -0.2) is 32.0 Å². The van der Waals surface area contributed by atoms with Gasteiger partial charge in [-0.15, -0.1) is 10.2 Å². The Bertz CT molecular complexity index is 1220. The van der Waals surface area contributed by atoms with E-state index in [4.69, 9.17) is 0 Å². The molecular weight excluding hydrogens is 411 g/mol. The van der Waals surface area contributed by atoms with Crippen LogP contribution in [0, 0.1) is 5.82 Å². The molecule has 4 rings (SSSR count). The van der Waals surface area contributed by atoms with Crippen molar-refractivity contribution >= 4 is 11.8 Å². The Morgan fingerprint density at radius 2 is 1.66 bits per heavy atom. The molecule has 32 heavy (non-hydrogen) atoms. The van der Waals surface area contributed by atoms with Crippen LogP contribution in [0.2, 0.25) is 0 Å². The number of nitrogens with zero attached hydrogens (tertiary/aromatic N) is 4. The molecule has 0 saturated carbocycles. The number of hydrogen-bond donors (Lipinski definition) is 2. The van der Waals surface area contributed by atoms with Gasteiger partial charge < -0.3 is 0 Å². The molecule has 0 atom stereocenters. The van der Waals surface area contributed by atoms with Crippen LogP contribution in [-0.2, 0) is 17.8 Å². The van der Waals surface area contributed by atoms with Gasteiger partial charge in [0.25, 0.3) is 5.91 Å². The van der Waals surface area contributed by atoms with Crippen molar-refractivity contribution in [2.24, 2.45) is 0 Å². The van der Waals surface area contributed by atoms with Crippen molar-refractivity contribution < 1.29 is 14.0 Å². The van der Waals surface area contributed by atoms with Crippen LogP contribution in [0.25, 0.3) is 11.4 Å². The molecule has 3 aromatic carbocycles. The van der Waals surface area contributed by atoms with Crippen LogP contribution in [0.3, 0.4) is 0 Å². The Hall–Kier alpha value is -4.40. The van der Waals surface area contributed by atoms with E-state index in [0.29, 0.717) is 23.5 Å². The highest BCUT2D eigenvalue weighted by Gasteiger charge is 2.10. The molecule has 4 aromatic rings. The minimum atomic E-state index is -0.464. The smallest absolute Gasteiger partial charge is 0.269 e. The lowest BCUT2D eigenvalue weighted by atomic mass is 10.1. The van der Waals surface area contributed by atoms with E-state index >= 15 is 0 Å². The molecule has 0 bridgehead atoms. The molecule has 0 spiro atoms. The van der Waals surface area contributed by atoms with E-state index < -0.39 is 17.6 Å². The van der Waals surface area contributed by atoms with E-state index in [1.54, 1.807) is 30.3 Å². The van der Waals surface area contributed by atoms with Crippen molar-refractivity contribution in [3.8, 4) is 11.4 Å². The van der Waals surface area contributed by atoms with Gasteiger partial charge in [-0.25, -0.2) is 4.39 Å². The number of halogens is 1. The Kier molecular flexibility index (Phi) is 6.26. The molecule has 160 valence electrons. The van der Waals surface area contributed by atoms with Gasteiger partial charge in [0, 0.05) is 11.1 Å². The van der Waals surface area contributed by atoms with Gasteiger partial charge in [-0.2, -0.15) is 4.80 Å². The molecule has 1 heterocycles. The SMILES string of the molecule is O=C(Cc1cccc(F)c1)NNC(=O)c1ccc(Cn2nnc(-c3ccccc3)n2)cc1. The largest absolute Gasteiger partial charge is 0.273 e. The zero-order chi connectivity index (χ0) is 22.3. The average Bonchev–Trinajstić information content (AvgIpc) is 3.27. The number of tetrazole rings is 1. The fourth-order valence-electron chi connectivity index (χ4n) is 3.01. The van der Waals surface area contributed by atoms with Gasteiger partial charge >= 0.3 is 0 Å². The third-order valence-corrected chi connectivity index (χ3v) is 4.59. The van der Waals surface area contributed by atoms with E-state index in [2.05, 4.69) is 26.3 Å². The van der Waals surface area contributed by atoms with Crippen LogP contribution in [0.5, 0.6) is 0 Å². The van der Waals surface area contributed by atoms with Crippen molar-refractivity contribution in [3.05, 3.63) is 101 Å². The monoisotopic (exact) mass is 430 g/mol. The van der Waals surface area contributed by atoms with Gasteiger partial charge in [0.1, 0.15) is 5.82 Å². The average molecular weight is 430 g/mol. The second kappa shape index (κ2) is 9.61. The summed E-state index contributed by atoms with van der Waals surface area (Å²) >= 11 is 0. The number of nitrogens with one attached hydrogen (secondary N) is 2. The minimum Gasteiger partial charge on any atom is -0.273 e. The highest BCUT2D eigenvalue weighted by molar-refractivity contribution is 5.95. The molecule has 0 aliphatic carbocycles. The minimum absolute atomic E-state index is 0.0488. The van der Waals surface area contributed by atoms with Crippen molar-refractivity contribution in [2.45, 2.75) is 13.0 Å². The van der Waals surface area contributed by atoms with E-state index in [9.17, 15) is 14.0 Å². The summed E-state index contributed by atoms with van der Waals surface area (Å²) in [7, 11) is 0. The lowest BCUT2D eigenvalue weighted by Crippen LogP contribution is -2.42. The molecule has 1 aromatic heterocycles. The summed E-state index contributed by atoms with van der Waals surface area (Å²) < 4.78 is 13.2. The predicted octanol–water partition coefficient (Wildman–Crippen LogP) is 2.53. The molecule has 0 fully saturated rings. The number of aromatic nitrogens is 4. The van der Waals surface area contributed by atoms with Crippen LogP contribution >= 0.6 is 0 Å². The number of hydrogen-bond acceptors (Lipinski definition) is 5. The molecule has 9 heteroatoms. The molecule has 0 saturated heterocycles. The quantitative estimate of drug-likeness (QED) is 0.458. The third kappa shape index (κ3) is 5.39. The van der Waals surface area contributed by atoms with E-state index in [0.717, 1.165) is 11.1 Å². The maximum absolute atomic E-state index is 13.2. The highest BCUT2D eigenvalue weighted by atomic mass is 19.1. The van der Waals surface area contributed by atoms with Gasteiger partial charge in [0.05, 0.1) is 13.0 Å². The summed E-state index contributed by atoms with van der Waals surface area (Å²) in [5.74, 6) is -0.797. The first-order chi connectivity index (χ1) is 15.6. The summed E-state index contributed by atoms with van der Waals surface area (Å²) in [5, 5.41) is 12.5. The maximum Gasteiger partial charge on any atom is 0.269 e. The molecule has 0 radical (unpaired) electrons. The molecule has 2 N–H and O–H groups in total. The predicted molar refractivity (Wildman–Crippen MR) is 115 cm³/mol. The number of carbonyl (C=O) groups excluding carboxylic acids is 2. The lowest BCUT2D eigenvalue weighted by Gasteiger charge is -2.08. The van der Waals surface area contributed by atoms with Crippen LogP contribution in [0.4, 0.5) is 4.39 Å². The Morgan fingerprint density at radius 3 is 2.41 bits per heavy atom. The van der Waals surface area contributed by atoms with E-state index in [1.807, 2.05) is 30.3 Å². The number of rotatable bonds is 6. The third-order valence-electron chi connectivity index (χ3n) is 4.59. The summed E-state index contributed by atoms with van der Waals surface area (Å²) in [4.78, 5) is 25.7. The van der Waals surface area contributed by atoms with Crippen LogP contribution in [0.15, 0.2) is 78.9 Å². The Morgan fingerprint density at radius 1 is 0.875 bits per heavy atom. The lowest BCUT2D eigenvalue weighted by molar-refractivity contribution is -0.121. The number of benzene rings is 3. The molecule has 8 nitrogen and oxygen atoms in total. The van der Waals surface area contributed by atoms with E-state index in [1.165, 1.54) is 23.0 Å². The molecule has 2 amide bonds. The summed E-state index contributed by atoms with van der Waals surface area (Å²) in [6.45, 7) is 0.395. The van der Waals surface area contributed by atoms with Crippen LogP contribution in [0.1, 0.15) is 21.5 Å². The standard InChI is InChI=1S/C23H19FN6O2/c24-20-8-4-5-17(13-20)14-21(31)25-27-23(32)19-11-9-16(10-12-19)15-30-28-22(26-29-30)18-6-2-1-3-7-18/h1-13H,14-15H2,(H,25,31)(H,27,32). The molecule has 0 aliphatic heterocycles. The topological polar surface area (TPSA) is 102 Å². The Labute approximate surface area is 183 Å². The van der Waals surface area contributed by atoms with Gasteiger partial charge in [-0.1, -0.05) is 54.6 Å². The first-order valence-corrected chi connectivity index (χ1v) is 9.82. The second-order valence-corrected chi connectivity index (χ2v) is 7.02. The number of amides is 2. The fraction of sp³-hybridized carbons (Fsp3) is 0.0870. The fourth-order valence-corrected chi connectivity index (χ4v) is 3.01. The Balaban J connectivity index is 1.30. The van der Waals surface area contributed by atoms with Gasteiger partial charge in [-0.3, -0.25) is 20.4 Å². The van der Waals surface area contributed by atoms with Crippen molar-refractivity contribution in [2.75, 3.05) is 0 Å². The summed E-state index contributed by atoms with van der Waals surface area (Å²) in [5.41, 5.74) is 7.33. The molecular formula is C23H19FN6O2. The van der Waals surface area contributed by atoms with Crippen molar-refractivity contribution in [1.82, 2.24) is 31.1 Å². The molecule has 0 unspecified atom stereocenters. The van der Waals surface area contributed by atoms with Gasteiger partial charge in [0.2, 0.25) is 11.7 Å². The summed E-state index contributed by atoms with van der Waals surface area (Å²) in [6, 6.07) is 22.1. The summed E-state index contributed by atoms with van der Waals surface area (Å²) in [6.07, 6.45) is -0.0488. The zero-order valence-electron chi connectivity index (χ0n) is 16.9. The van der Waals surface area contributed by atoms with Gasteiger partial charge in [0.15, 0.2) is 0 Å². The van der Waals surface area contributed by atoms with Crippen molar-refractivity contribution in [3.63, 3.8) is 0 Å². The molecule has 0 aliphatic rings. The number of hydrazine groups is 1. The zero-order valence-corrected chi connectivity index (χ0v) is 16.9. The van der Waals surface area contributed by atoms with Gasteiger partial charge in [-0.05, 0) is 40.6 Å². The normalized spacial score (nSPS) is 10.5. The van der Waals surface area contributed by atoms with E-state index in [-0.39, 0.29) is 6.42 Å².